The van der Waals surface area contributed by atoms with Crippen molar-refractivity contribution in [2.75, 3.05) is 14.2 Å². The van der Waals surface area contributed by atoms with Gasteiger partial charge in [0.1, 0.15) is 11.5 Å². The Hall–Kier alpha value is -2.96. The molecule has 2 nitrogen and oxygen atoms in total. The molecule has 5 heteroatoms. The molecule has 0 spiro atoms. The lowest BCUT2D eigenvalue weighted by Crippen LogP contribution is -1.88. The fourth-order valence-electron chi connectivity index (χ4n) is 2.51. The minimum atomic E-state index is 0.827. The van der Waals surface area contributed by atoms with Crippen molar-refractivity contribution in [3.05, 3.63) is 102 Å². The van der Waals surface area contributed by atoms with Gasteiger partial charge in [0.05, 0.1) is 24.3 Å². The molecule has 4 rings (SSSR count). The van der Waals surface area contributed by atoms with Gasteiger partial charge in [0.2, 0.25) is 0 Å². The minimum Gasteiger partial charge on any atom is -0.496 e. The molecular weight excluding hydrogens is 512 g/mol. The molecule has 4 aromatic rings. The van der Waals surface area contributed by atoms with Crippen molar-refractivity contribution in [1.82, 2.24) is 0 Å². The first-order chi connectivity index (χ1) is 16.0. The number of ether oxygens (including phenoxy) is 2. The zero-order chi connectivity index (χ0) is 24.1. The summed E-state index contributed by atoms with van der Waals surface area (Å²) in [5.74, 6) is 10.5. The van der Waals surface area contributed by atoms with Crippen LogP contribution in [0.1, 0.15) is 27.8 Å². The summed E-state index contributed by atoms with van der Waals surface area (Å²) in [4.78, 5) is 0. The third kappa shape index (κ3) is 9.20. The van der Waals surface area contributed by atoms with E-state index in [4.69, 9.17) is 15.9 Å². The number of halogens is 1. The standard InChI is InChI=1S/C14H12OS.C8H9BrO.C6H4S/c1-11-3-6-14(15-2)13(9-11)5-4-12-7-8-16-10-12;1-6-3-4-8(10-2)7(9)5-6;1-2-6-3-4-7-5-6/h3,6-10H,1-2H3;3-5H,1-2H3;1,3-5H. The summed E-state index contributed by atoms with van der Waals surface area (Å²) in [5, 5.41) is 7.97. The quantitative estimate of drug-likeness (QED) is 0.242. The fourth-order valence-corrected chi connectivity index (χ4v) is 4.35. The summed E-state index contributed by atoms with van der Waals surface area (Å²) < 4.78 is 11.3. The van der Waals surface area contributed by atoms with Crippen LogP contribution >= 0.6 is 38.6 Å². The van der Waals surface area contributed by atoms with Gasteiger partial charge in [0.15, 0.2) is 0 Å². The average Bonchev–Trinajstić information content (AvgIpc) is 3.53. The molecule has 33 heavy (non-hydrogen) atoms. The highest BCUT2D eigenvalue weighted by atomic mass is 79.9. The van der Waals surface area contributed by atoms with Crippen molar-refractivity contribution < 1.29 is 9.47 Å². The third-order valence-corrected chi connectivity index (χ3v) is 6.20. The highest BCUT2D eigenvalue weighted by Gasteiger charge is 1.99. The van der Waals surface area contributed by atoms with Crippen LogP contribution in [0.5, 0.6) is 11.5 Å². The number of hydrogen-bond acceptors (Lipinski definition) is 4. The lowest BCUT2D eigenvalue weighted by molar-refractivity contribution is 0.412. The summed E-state index contributed by atoms with van der Waals surface area (Å²) >= 11 is 6.66. The second kappa shape index (κ2) is 14.2. The fraction of sp³-hybridized carbons (Fsp3) is 0.143. The Morgan fingerprint density at radius 3 is 1.82 bits per heavy atom. The summed E-state index contributed by atoms with van der Waals surface area (Å²) in [6.45, 7) is 4.10. The van der Waals surface area contributed by atoms with Crippen molar-refractivity contribution >= 4 is 38.6 Å². The first kappa shape index (κ1) is 26.3. The minimum absolute atomic E-state index is 0.827. The van der Waals surface area contributed by atoms with E-state index >= 15 is 0 Å². The normalized spacial score (nSPS) is 9.09. The van der Waals surface area contributed by atoms with Gasteiger partial charge in [-0.15, -0.1) is 6.42 Å². The van der Waals surface area contributed by atoms with E-state index in [-0.39, 0.29) is 0 Å². The molecule has 2 aromatic carbocycles. The maximum absolute atomic E-state index is 5.27. The highest BCUT2D eigenvalue weighted by molar-refractivity contribution is 9.10. The van der Waals surface area contributed by atoms with Gasteiger partial charge in [-0.1, -0.05) is 29.9 Å². The van der Waals surface area contributed by atoms with Crippen molar-refractivity contribution in [3.8, 4) is 35.7 Å². The predicted molar refractivity (Wildman–Crippen MR) is 146 cm³/mol. The summed E-state index contributed by atoms with van der Waals surface area (Å²) in [6, 6.07) is 15.9. The van der Waals surface area contributed by atoms with E-state index in [2.05, 4.69) is 40.6 Å². The van der Waals surface area contributed by atoms with Crippen LogP contribution in [0, 0.1) is 38.0 Å². The smallest absolute Gasteiger partial charge is 0.134 e. The van der Waals surface area contributed by atoms with E-state index in [0.717, 1.165) is 32.7 Å². The van der Waals surface area contributed by atoms with Crippen LogP contribution in [0.25, 0.3) is 0 Å². The Labute approximate surface area is 213 Å². The summed E-state index contributed by atoms with van der Waals surface area (Å²) in [6.07, 6.45) is 5.05. The Morgan fingerprint density at radius 1 is 0.758 bits per heavy atom. The molecule has 0 aliphatic rings. The van der Waals surface area contributed by atoms with Crippen LogP contribution in [0.15, 0.2) is 74.5 Å². The van der Waals surface area contributed by atoms with E-state index in [9.17, 15) is 0 Å². The molecule has 0 saturated carbocycles. The molecule has 2 aromatic heterocycles. The van der Waals surface area contributed by atoms with E-state index in [1.165, 1.54) is 11.1 Å². The van der Waals surface area contributed by atoms with Gasteiger partial charge < -0.3 is 9.47 Å². The molecule has 0 bridgehead atoms. The SMILES string of the molecule is C#Cc1ccsc1.COc1ccc(C)cc1Br.COc1ccc(C)cc1C#Cc1ccsc1. The van der Waals surface area contributed by atoms with Gasteiger partial charge in [-0.2, -0.15) is 22.7 Å². The maximum atomic E-state index is 5.27. The largest absolute Gasteiger partial charge is 0.496 e. The molecule has 2 heterocycles. The van der Waals surface area contributed by atoms with Crippen LogP contribution in [-0.4, -0.2) is 14.2 Å². The van der Waals surface area contributed by atoms with E-state index in [0.29, 0.717) is 0 Å². The molecular formula is C28H25BrO2S2. The molecule has 0 N–H and O–H groups in total. The van der Waals surface area contributed by atoms with Gasteiger partial charge in [-0.05, 0) is 88.1 Å². The lowest BCUT2D eigenvalue weighted by atomic mass is 10.1. The van der Waals surface area contributed by atoms with E-state index in [1.807, 2.05) is 77.0 Å². The Bertz CT molecular complexity index is 1230. The zero-order valence-corrected chi connectivity index (χ0v) is 22.2. The van der Waals surface area contributed by atoms with Crippen LogP contribution < -0.4 is 9.47 Å². The monoisotopic (exact) mass is 536 g/mol. The maximum Gasteiger partial charge on any atom is 0.134 e. The third-order valence-electron chi connectivity index (χ3n) is 4.21. The topological polar surface area (TPSA) is 18.5 Å². The number of terminal acetylenes is 1. The van der Waals surface area contributed by atoms with Crippen LogP contribution in [0.4, 0.5) is 0 Å². The van der Waals surface area contributed by atoms with Gasteiger partial charge in [0.25, 0.3) is 0 Å². The summed E-state index contributed by atoms with van der Waals surface area (Å²) in [5.41, 5.74) is 5.38. The van der Waals surface area contributed by atoms with Gasteiger partial charge in [0, 0.05) is 21.9 Å². The molecule has 168 valence electrons. The first-order valence-corrected chi connectivity index (χ1v) is 12.6. The number of rotatable bonds is 2. The highest BCUT2D eigenvalue weighted by Crippen LogP contribution is 2.24. The molecule has 0 unspecified atom stereocenters. The molecule has 0 atom stereocenters. The lowest BCUT2D eigenvalue weighted by Gasteiger charge is -2.03. The molecule has 0 amide bonds. The number of aryl methyl sites for hydroxylation is 2. The van der Waals surface area contributed by atoms with E-state index in [1.54, 1.807) is 36.9 Å². The van der Waals surface area contributed by atoms with Gasteiger partial charge >= 0.3 is 0 Å². The predicted octanol–water partition coefficient (Wildman–Crippen LogP) is 7.96. The Balaban J connectivity index is 0.000000193. The second-order valence-corrected chi connectivity index (χ2v) is 9.17. The zero-order valence-electron chi connectivity index (χ0n) is 19.0. The Kier molecular flexibility index (Phi) is 11.3. The molecule has 0 fully saturated rings. The Morgan fingerprint density at radius 2 is 1.33 bits per heavy atom. The van der Waals surface area contributed by atoms with Crippen molar-refractivity contribution in [2.45, 2.75) is 13.8 Å². The molecule has 0 aliphatic carbocycles. The van der Waals surface area contributed by atoms with Gasteiger partial charge in [-0.25, -0.2) is 0 Å². The number of methoxy groups -OCH3 is 2. The number of hydrogen-bond donors (Lipinski definition) is 0. The average molecular weight is 538 g/mol. The second-order valence-electron chi connectivity index (χ2n) is 6.76. The van der Waals surface area contributed by atoms with Crippen LogP contribution in [0.2, 0.25) is 0 Å². The van der Waals surface area contributed by atoms with Crippen molar-refractivity contribution in [2.24, 2.45) is 0 Å². The van der Waals surface area contributed by atoms with Crippen molar-refractivity contribution in [1.29, 1.82) is 0 Å². The summed E-state index contributed by atoms with van der Waals surface area (Å²) in [7, 11) is 3.33. The number of benzene rings is 2. The molecule has 0 radical (unpaired) electrons. The van der Waals surface area contributed by atoms with Crippen LogP contribution in [0.3, 0.4) is 0 Å². The first-order valence-electron chi connectivity index (χ1n) is 9.94. The van der Waals surface area contributed by atoms with E-state index < -0.39 is 0 Å². The van der Waals surface area contributed by atoms with Crippen molar-refractivity contribution in [3.63, 3.8) is 0 Å². The number of thiophene rings is 2. The molecule has 0 saturated heterocycles. The van der Waals surface area contributed by atoms with Crippen LogP contribution in [-0.2, 0) is 0 Å². The molecule has 0 aliphatic heterocycles. The van der Waals surface area contributed by atoms with Gasteiger partial charge in [-0.3, -0.25) is 0 Å².